The van der Waals surface area contributed by atoms with Crippen LogP contribution < -0.4 is 4.90 Å². The number of likely N-dealkylation sites (N-methyl/N-ethyl adjacent to an activating group) is 1. The lowest BCUT2D eigenvalue weighted by Gasteiger charge is -2.36. The molecular weight excluding hydrogens is 501 g/mol. The number of thiazole rings is 1. The highest BCUT2D eigenvalue weighted by Crippen LogP contribution is 2.34. The summed E-state index contributed by atoms with van der Waals surface area (Å²) >= 11 is 2.71. The van der Waals surface area contributed by atoms with Gasteiger partial charge in [-0.2, -0.15) is 4.31 Å². The van der Waals surface area contributed by atoms with Gasteiger partial charge in [0.2, 0.25) is 5.91 Å². The van der Waals surface area contributed by atoms with Gasteiger partial charge < -0.3 is 4.90 Å². The van der Waals surface area contributed by atoms with Crippen LogP contribution in [0.4, 0.5) is 5.13 Å². The van der Waals surface area contributed by atoms with E-state index in [0.717, 1.165) is 47.3 Å². The second kappa shape index (κ2) is 11.0. The minimum atomic E-state index is -3.73. The van der Waals surface area contributed by atoms with Crippen LogP contribution in [-0.4, -0.2) is 67.3 Å². The van der Waals surface area contributed by atoms with E-state index >= 15 is 0 Å². The molecule has 4 rings (SSSR count). The number of rotatable bonds is 9. The second-order valence-corrected chi connectivity index (χ2v) is 13.0. The van der Waals surface area contributed by atoms with Gasteiger partial charge in [-0.05, 0) is 68.4 Å². The van der Waals surface area contributed by atoms with Crippen molar-refractivity contribution in [2.24, 2.45) is 0 Å². The SMILES string of the molecule is CCN(CC)CCN(C(=O)C1CCCCN1S(=O)(=O)c1cccs1)c1nc2cc(C)cc(C)c2s1. The number of hydrogen-bond donors (Lipinski definition) is 0. The third-order valence-corrected chi connectivity index (χ3v) is 11.1. The van der Waals surface area contributed by atoms with Crippen LogP contribution in [0.2, 0.25) is 0 Å². The first kappa shape index (κ1) is 26.2. The number of aromatic nitrogens is 1. The number of fused-ring (bicyclic) bond motifs is 1. The summed E-state index contributed by atoms with van der Waals surface area (Å²) in [5.41, 5.74) is 3.16. The predicted molar refractivity (Wildman–Crippen MR) is 145 cm³/mol. The maximum atomic E-state index is 14.1. The zero-order chi connectivity index (χ0) is 25.2. The molecule has 190 valence electrons. The Morgan fingerprint density at radius 1 is 1.17 bits per heavy atom. The molecule has 0 radical (unpaired) electrons. The van der Waals surface area contributed by atoms with Crippen molar-refractivity contribution in [3.63, 3.8) is 0 Å². The summed E-state index contributed by atoms with van der Waals surface area (Å²) in [7, 11) is -3.73. The van der Waals surface area contributed by atoms with Gasteiger partial charge in [0.15, 0.2) is 5.13 Å². The Balaban J connectivity index is 1.72. The van der Waals surface area contributed by atoms with Crippen molar-refractivity contribution in [1.82, 2.24) is 14.2 Å². The molecule has 7 nitrogen and oxygen atoms in total. The average Bonchev–Trinajstić information content (AvgIpc) is 3.53. The highest BCUT2D eigenvalue weighted by Gasteiger charge is 2.40. The minimum absolute atomic E-state index is 0.176. The number of sulfonamides is 1. The van der Waals surface area contributed by atoms with Gasteiger partial charge in [-0.3, -0.25) is 9.69 Å². The Kier molecular flexibility index (Phi) is 8.27. The molecule has 3 aromatic rings. The lowest BCUT2D eigenvalue weighted by atomic mass is 10.0. The molecule has 3 heterocycles. The van der Waals surface area contributed by atoms with Gasteiger partial charge in [0, 0.05) is 19.6 Å². The molecule has 2 aromatic heterocycles. The van der Waals surface area contributed by atoms with E-state index in [2.05, 4.69) is 31.7 Å². The van der Waals surface area contributed by atoms with Crippen molar-refractivity contribution in [1.29, 1.82) is 0 Å². The lowest BCUT2D eigenvalue weighted by Crippen LogP contribution is -2.54. The van der Waals surface area contributed by atoms with Crippen LogP contribution in [0.3, 0.4) is 0 Å². The monoisotopic (exact) mass is 534 g/mol. The molecule has 1 atom stereocenters. The molecule has 1 unspecified atom stereocenters. The van der Waals surface area contributed by atoms with Gasteiger partial charge in [0.05, 0.1) is 10.2 Å². The van der Waals surface area contributed by atoms with Crippen LogP contribution in [0.5, 0.6) is 0 Å². The molecule has 1 aliphatic heterocycles. The molecule has 1 aliphatic rings. The Morgan fingerprint density at radius 3 is 2.63 bits per heavy atom. The highest BCUT2D eigenvalue weighted by molar-refractivity contribution is 7.91. The molecular formula is C25H34N4O3S3. The Bertz CT molecular complexity index is 1270. The number of benzene rings is 1. The van der Waals surface area contributed by atoms with Gasteiger partial charge in [-0.15, -0.1) is 11.3 Å². The first-order chi connectivity index (χ1) is 16.8. The number of thiophene rings is 1. The van der Waals surface area contributed by atoms with Crippen LogP contribution in [0.25, 0.3) is 10.2 Å². The maximum Gasteiger partial charge on any atom is 0.253 e. The van der Waals surface area contributed by atoms with E-state index in [4.69, 9.17) is 4.98 Å². The summed E-state index contributed by atoms with van der Waals surface area (Å²) in [6.45, 7) is 11.6. The first-order valence-corrected chi connectivity index (χ1v) is 15.4. The summed E-state index contributed by atoms with van der Waals surface area (Å²) in [5.74, 6) is -0.176. The fourth-order valence-corrected chi connectivity index (χ4v) is 8.52. The number of nitrogens with zero attached hydrogens (tertiary/aromatic N) is 4. The van der Waals surface area contributed by atoms with Crippen LogP contribution in [0.15, 0.2) is 33.9 Å². The average molecular weight is 535 g/mol. The van der Waals surface area contributed by atoms with Crippen LogP contribution in [0, 0.1) is 13.8 Å². The summed E-state index contributed by atoms with van der Waals surface area (Å²) in [6, 6.07) is 6.81. The standard InChI is InChI=1S/C25H34N4O3S3/c1-5-27(6-2)13-14-28(25-26-20-17-18(3)16-19(4)23(20)34-25)24(30)21-10-7-8-12-29(21)35(31,32)22-11-9-15-33-22/h9,11,15-17,21H,5-8,10,12-14H2,1-4H3. The van der Waals surface area contributed by atoms with Crippen LogP contribution in [0.1, 0.15) is 44.2 Å². The fourth-order valence-electron chi connectivity index (χ4n) is 4.71. The number of amides is 1. The first-order valence-electron chi connectivity index (χ1n) is 12.2. The van der Waals surface area contributed by atoms with Crippen molar-refractivity contribution in [2.45, 2.75) is 57.2 Å². The summed E-state index contributed by atoms with van der Waals surface area (Å²) in [6.07, 6.45) is 2.11. The van der Waals surface area contributed by atoms with Crippen molar-refractivity contribution >= 4 is 54.0 Å². The van der Waals surface area contributed by atoms with E-state index in [0.29, 0.717) is 31.2 Å². The van der Waals surface area contributed by atoms with Crippen LogP contribution >= 0.6 is 22.7 Å². The fraction of sp³-hybridized carbons (Fsp3) is 0.520. The van der Waals surface area contributed by atoms with Crippen molar-refractivity contribution in [3.8, 4) is 0 Å². The number of carbonyl (C=O) groups is 1. The van der Waals surface area contributed by atoms with Gasteiger partial charge >= 0.3 is 0 Å². The zero-order valence-corrected chi connectivity index (χ0v) is 23.3. The molecule has 35 heavy (non-hydrogen) atoms. The molecule has 0 aliphatic carbocycles. The summed E-state index contributed by atoms with van der Waals surface area (Å²) in [4.78, 5) is 23.0. The van der Waals surface area contributed by atoms with E-state index in [1.807, 2.05) is 13.0 Å². The topological polar surface area (TPSA) is 73.8 Å². The zero-order valence-electron chi connectivity index (χ0n) is 20.9. The largest absolute Gasteiger partial charge is 0.302 e. The predicted octanol–water partition coefficient (Wildman–Crippen LogP) is 4.89. The number of anilines is 1. The Labute approximate surface area is 216 Å². The third-order valence-electron chi connectivity index (χ3n) is 6.64. The molecule has 0 spiro atoms. The molecule has 1 aromatic carbocycles. The Morgan fingerprint density at radius 2 is 1.94 bits per heavy atom. The highest BCUT2D eigenvalue weighted by atomic mass is 32.2. The maximum absolute atomic E-state index is 14.1. The second-order valence-electron chi connectivity index (χ2n) is 9.00. The van der Waals surface area contributed by atoms with Gasteiger partial charge in [-0.25, -0.2) is 13.4 Å². The van der Waals surface area contributed by atoms with Crippen molar-refractivity contribution < 1.29 is 13.2 Å². The van der Waals surface area contributed by atoms with Crippen molar-refractivity contribution in [2.75, 3.05) is 37.6 Å². The molecule has 0 N–H and O–H groups in total. The van der Waals surface area contributed by atoms with Gasteiger partial charge in [0.25, 0.3) is 10.0 Å². The molecule has 1 fully saturated rings. The van der Waals surface area contributed by atoms with Gasteiger partial charge in [-0.1, -0.05) is 43.7 Å². The molecule has 1 amide bonds. The quantitative estimate of drug-likeness (QED) is 0.391. The number of hydrogen-bond acceptors (Lipinski definition) is 7. The van der Waals surface area contributed by atoms with Gasteiger partial charge in [0.1, 0.15) is 10.3 Å². The number of aryl methyl sites for hydroxylation is 2. The minimum Gasteiger partial charge on any atom is -0.302 e. The van der Waals surface area contributed by atoms with Crippen molar-refractivity contribution in [3.05, 3.63) is 40.8 Å². The van der Waals surface area contributed by atoms with E-state index in [-0.39, 0.29) is 10.1 Å². The molecule has 10 heteroatoms. The summed E-state index contributed by atoms with van der Waals surface area (Å²) < 4.78 is 29.7. The van der Waals surface area contributed by atoms with E-state index < -0.39 is 16.1 Å². The molecule has 1 saturated heterocycles. The molecule has 0 bridgehead atoms. The number of carbonyl (C=O) groups excluding carboxylic acids is 1. The van der Waals surface area contributed by atoms with E-state index in [1.54, 1.807) is 22.4 Å². The van der Waals surface area contributed by atoms with Crippen LogP contribution in [-0.2, 0) is 14.8 Å². The van der Waals surface area contributed by atoms with E-state index in [9.17, 15) is 13.2 Å². The lowest BCUT2D eigenvalue weighted by molar-refractivity contribution is -0.123. The summed E-state index contributed by atoms with van der Waals surface area (Å²) in [5, 5.41) is 2.40. The number of piperidine rings is 1. The normalized spacial score (nSPS) is 17.3. The molecule has 0 saturated carbocycles. The Hall–Kier alpha value is -1.85. The smallest absolute Gasteiger partial charge is 0.253 e. The third kappa shape index (κ3) is 5.46. The van der Waals surface area contributed by atoms with E-state index in [1.165, 1.54) is 27.0 Å².